The first kappa shape index (κ1) is 36.8. The summed E-state index contributed by atoms with van der Waals surface area (Å²) in [6, 6.07) is 2.97. The summed E-state index contributed by atoms with van der Waals surface area (Å²) >= 11 is 0.534. The smallest absolute Gasteiger partial charge is 0.417 e. The number of nitriles is 1. The van der Waals surface area contributed by atoms with Crippen LogP contribution in [0.4, 0.5) is 42.0 Å². The number of likely N-dealkylation sites (N-methyl/N-ethyl adjacent to an activating group) is 1. The summed E-state index contributed by atoms with van der Waals surface area (Å²) < 4.78 is 103. The third kappa shape index (κ3) is 6.43. The number of nitrogens with zero attached hydrogens (tertiary/aromatic N) is 6. The zero-order chi connectivity index (χ0) is 37.2. The molecule has 9 nitrogen and oxygen atoms in total. The topological polar surface area (TPSA) is 94.8 Å². The van der Waals surface area contributed by atoms with Gasteiger partial charge in [0.05, 0.1) is 40.6 Å². The highest BCUT2D eigenvalue weighted by Gasteiger charge is 2.42. The standard InChI is InChI=1S/C34H36F6N6O3S/c1-16-22(12-13-45(16)31(47)49-33(5,6)7)44(8)28-18-14-20(34(37,38)39)24(25(36)26(18)42-30(43-28)48-9)17-10-11-21(35)27-23(17)19(15-41)29(50-27)46(40)32(2,3)4/h10-11,14,16,22H,12-13H2,1-9H3. The fourth-order valence-corrected chi connectivity index (χ4v) is 7.41. The molecule has 3 heterocycles. The zero-order valence-corrected chi connectivity index (χ0v) is 29.7. The molecular formula is C34H36F6N6O3S. The van der Waals surface area contributed by atoms with Gasteiger partial charge in [0.15, 0.2) is 5.82 Å². The number of rotatable bonds is 5. The second-order valence-electron chi connectivity index (χ2n) is 14.1. The fourth-order valence-electron chi connectivity index (χ4n) is 6.13. The Bertz CT molecular complexity index is 2030. The molecule has 0 N–H and O–H groups in total. The number of ether oxygens (including phenoxy) is 2. The van der Waals surface area contributed by atoms with Crippen LogP contribution in [0.5, 0.6) is 6.01 Å². The highest BCUT2D eigenvalue weighted by molar-refractivity contribution is 7.23. The summed E-state index contributed by atoms with van der Waals surface area (Å²) in [5, 5.41) is 9.32. The quantitative estimate of drug-likeness (QED) is 0.149. The number of alkyl halides is 3. The molecule has 0 saturated carbocycles. The van der Waals surface area contributed by atoms with E-state index < -0.39 is 74.9 Å². The van der Waals surface area contributed by atoms with E-state index >= 15 is 26.4 Å². The molecule has 1 aliphatic heterocycles. The molecule has 0 bridgehead atoms. The zero-order valence-electron chi connectivity index (χ0n) is 28.9. The molecule has 268 valence electrons. The minimum absolute atomic E-state index is 0.0938. The lowest BCUT2D eigenvalue weighted by Crippen LogP contribution is -2.45. The number of fused-ring (bicyclic) bond motifs is 2. The second-order valence-corrected chi connectivity index (χ2v) is 15.1. The number of methoxy groups -OCH3 is 1. The molecule has 1 amide bonds. The van der Waals surface area contributed by atoms with E-state index in [1.165, 1.54) is 32.8 Å². The third-order valence-electron chi connectivity index (χ3n) is 8.47. The number of carbonyl (C=O) groups is 1. The Labute approximate surface area is 288 Å². The number of aromatic nitrogens is 2. The van der Waals surface area contributed by atoms with Crippen LogP contribution >= 0.6 is 11.3 Å². The van der Waals surface area contributed by atoms with E-state index in [1.807, 2.05) is 0 Å². The molecule has 2 aromatic heterocycles. The third-order valence-corrected chi connectivity index (χ3v) is 9.63. The van der Waals surface area contributed by atoms with E-state index in [2.05, 4.69) is 9.97 Å². The lowest BCUT2D eigenvalue weighted by molar-refractivity contribution is -0.137. The van der Waals surface area contributed by atoms with Crippen LogP contribution in [0.15, 0.2) is 18.2 Å². The minimum Gasteiger partial charge on any atom is -0.467 e. The van der Waals surface area contributed by atoms with Gasteiger partial charge in [-0.05, 0) is 72.6 Å². The highest BCUT2D eigenvalue weighted by atomic mass is 32.1. The van der Waals surface area contributed by atoms with Crippen molar-refractivity contribution in [1.29, 1.82) is 5.26 Å². The Hall–Kier alpha value is -4.52. The summed E-state index contributed by atoms with van der Waals surface area (Å²) in [6.45, 7) is 11.7. The molecule has 50 heavy (non-hydrogen) atoms. The van der Waals surface area contributed by atoms with E-state index in [4.69, 9.17) is 9.47 Å². The Balaban J connectivity index is 1.76. The lowest BCUT2D eigenvalue weighted by Gasteiger charge is -2.33. The van der Waals surface area contributed by atoms with Crippen molar-refractivity contribution in [3.8, 4) is 23.2 Å². The van der Waals surface area contributed by atoms with Crippen LogP contribution < -0.4 is 14.8 Å². The Morgan fingerprint density at radius 1 is 1.12 bits per heavy atom. The van der Waals surface area contributed by atoms with Gasteiger partial charge < -0.3 is 19.3 Å². The number of anilines is 2. The van der Waals surface area contributed by atoms with Crippen molar-refractivity contribution in [2.75, 3.05) is 30.7 Å². The molecule has 1 aliphatic rings. The first-order valence-electron chi connectivity index (χ1n) is 15.6. The van der Waals surface area contributed by atoms with Gasteiger partial charge in [0.1, 0.15) is 33.8 Å². The van der Waals surface area contributed by atoms with Crippen LogP contribution in [-0.4, -0.2) is 64.9 Å². The van der Waals surface area contributed by atoms with Crippen LogP contribution in [-0.2, 0) is 10.9 Å². The Morgan fingerprint density at radius 2 is 1.78 bits per heavy atom. The number of likely N-dealkylation sites (tertiary alicyclic amines) is 1. The van der Waals surface area contributed by atoms with Gasteiger partial charge in [-0.1, -0.05) is 10.5 Å². The van der Waals surface area contributed by atoms with Crippen LogP contribution in [0.2, 0.25) is 0 Å². The molecule has 0 aliphatic carbocycles. The molecule has 0 radical (unpaired) electrons. The maximum atomic E-state index is 16.9. The predicted octanol–water partition coefficient (Wildman–Crippen LogP) is 9.01. The van der Waals surface area contributed by atoms with Gasteiger partial charge in [-0.25, -0.2) is 13.6 Å². The van der Waals surface area contributed by atoms with Crippen molar-refractivity contribution in [3.63, 3.8) is 0 Å². The van der Waals surface area contributed by atoms with Gasteiger partial charge in [-0.3, -0.25) is 0 Å². The van der Waals surface area contributed by atoms with Crippen molar-refractivity contribution in [2.45, 2.75) is 84.3 Å². The molecule has 1 saturated heterocycles. The summed E-state index contributed by atoms with van der Waals surface area (Å²) in [7, 11) is 2.78. The number of thiophene rings is 1. The van der Waals surface area contributed by atoms with E-state index in [1.54, 1.807) is 45.7 Å². The van der Waals surface area contributed by atoms with Crippen LogP contribution in [0, 0.1) is 23.0 Å². The van der Waals surface area contributed by atoms with Crippen molar-refractivity contribution >= 4 is 49.2 Å². The molecule has 2 atom stereocenters. The first-order chi connectivity index (χ1) is 23.1. The maximum Gasteiger partial charge on any atom is 0.417 e. The first-order valence-corrected chi connectivity index (χ1v) is 16.4. The van der Waals surface area contributed by atoms with Gasteiger partial charge in [0.25, 0.3) is 0 Å². The molecular weight excluding hydrogens is 686 g/mol. The normalized spacial score (nSPS) is 17.0. The number of amides is 1. The molecule has 16 heteroatoms. The van der Waals surface area contributed by atoms with E-state index in [-0.39, 0.29) is 44.0 Å². The van der Waals surface area contributed by atoms with E-state index in [0.29, 0.717) is 23.8 Å². The van der Waals surface area contributed by atoms with E-state index in [0.717, 1.165) is 12.1 Å². The average molecular weight is 723 g/mol. The molecule has 2 unspecified atom stereocenters. The number of benzene rings is 2. The Morgan fingerprint density at radius 3 is 2.34 bits per heavy atom. The van der Waals surface area contributed by atoms with Crippen LogP contribution in [0.25, 0.3) is 32.1 Å². The van der Waals surface area contributed by atoms with Crippen molar-refractivity contribution in [1.82, 2.24) is 14.9 Å². The van der Waals surface area contributed by atoms with Crippen molar-refractivity contribution in [2.24, 2.45) is 0 Å². The number of halogens is 6. The maximum absolute atomic E-state index is 16.9. The molecule has 2 aromatic carbocycles. The SMILES string of the molecule is COc1nc(N(C)C2CCN(C(=O)OC(C)(C)C)C2C)c2cc(C(F)(F)F)c(-c3ccc(F)c4sc(N(F)C(C)(C)C)c(C#N)c34)c(F)c2n1. The predicted molar refractivity (Wildman–Crippen MR) is 179 cm³/mol. The number of hydrogen-bond acceptors (Lipinski definition) is 9. The fraction of sp³-hybridized carbons (Fsp3) is 0.471. The van der Waals surface area contributed by atoms with Crippen LogP contribution in [0.1, 0.15) is 66.0 Å². The van der Waals surface area contributed by atoms with Gasteiger partial charge in [-0.15, -0.1) is 11.3 Å². The second kappa shape index (κ2) is 12.7. The summed E-state index contributed by atoms with van der Waals surface area (Å²) in [6.07, 6.45) is -5.33. The van der Waals surface area contributed by atoms with Gasteiger partial charge in [0.2, 0.25) is 0 Å². The number of hydrogen-bond donors (Lipinski definition) is 0. The lowest BCUT2D eigenvalue weighted by atomic mass is 9.92. The molecule has 5 rings (SSSR count). The summed E-state index contributed by atoms with van der Waals surface area (Å²) in [5.74, 6) is -2.45. The van der Waals surface area contributed by atoms with Crippen molar-refractivity contribution < 1.29 is 40.7 Å². The number of carbonyl (C=O) groups excluding carboxylic acids is 1. The molecule has 4 aromatic rings. The molecule has 1 fully saturated rings. The van der Waals surface area contributed by atoms with Crippen molar-refractivity contribution in [3.05, 3.63) is 41.0 Å². The highest BCUT2D eigenvalue weighted by Crippen LogP contribution is 2.50. The van der Waals surface area contributed by atoms with Crippen LogP contribution in [0.3, 0.4) is 0 Å². The summed E-state index contributed by atoms with van der Waals surface area (Å²) in [5.41, 5.74) is -5.87. The minimum atomic E-state index is -5.17. The van der Waals surface area contributed by atoms with Gasteiger partial charge >= 0.3 is 18.3 Å². The van der Waals surface area contributed by atoms with Gasteiger partial charge in [0, 0.05) is 29.9 Å². The monoisotopic (exact) mass is 722 g/mol. The average Bonchev–Trinajstić information content (AvgIpc) is 3.60. The Kier molecular flexibility index (Phi) is 9.31. The van der Waals surface area contributed by atoms with Gasteiger partial charge in [-0.2, -0.15) is 33.5 Å². The summed E-state index contributed by atoms with van der Waals surface area (Å²) in [4.78, 5) is 24.4. The van der Waals surface area contributed by atoms with E-state index in [9.17, 15) is 10.1 Å². The molecule has 0 spiro atoms. The largest absolute Gasteiger partial charge is 0.467 e.